The summed E-state index contributed by atoms with van der Waals surface area (Å²) in [6.07, 6.45) is 2.14. The summed E-state index contributed by atoms with van der Waals surface area (Å²) in [5, 5.41) is 3.34. The van der Waals surface area contributed by atoms with E-state index in [1.165, 1.54) is 24.4 Å². The SMILES string of the molecule is CCCNC(c1ccc(F)cn1)c1cc(F)ccc1C. The molecule has 0 aliphatic carbocycles. The van der Waals surface area contributed by atoms with Crippen LogP contribution in [0.1, 0.15) is 36.2 Å². The van der Waals surface area contributed by atoms with Crippen LogP contribution in [0.3, 0.4) is 0 Å². The summed E-state index contributed by atoms with van der Waals surface area (Å²) < 4.78 is 26.5. The van der Waals surface area contributed by atoms with Crippen LogP contribution in [0.4, 0.5) is 8.78 Å². The second kappa shape index (κ2) is 6.57. The topological polar surface area (TPSA) is 24.9 Å². The highest BCUT2D eigenvalue weighted by Crippen LogP contribution is 2.24. The Balaban J connectivity index is 2.41. The summed E-state index contributed by atoms with van der Waals surface area (Å²) in [4.78, 5) is 4.12. The molecule has 20 heavy (non-hydrogen) atoms. The number of aromatic nitrogens is 1. The predicted molar refractivity (Wildman–Crippen MR) is 75.5 cm³/mol. The van der Waals surface area contributed by atoms with E-state index in [4.69, 9.17) is 0 Å². The Morgan fingerprint density at radius 1 is 1.15 bits per heavy atom. The third-order valence-electron chi connectivity index (χ3n) is 3.20. The van der Waals surface area contributed by atoms with E-state index in [0.717, 1.165) is 24.1 Å². The standard InChI is InChI=1S/C16H18F2N2/c1-3-8-19-16(15-7-6-13(18)10-20-15)14-9-12(17)5-4-11(14)2/h4-7,9-10,16,19H,3,8H2,1-2H3. The fourth-order valence-corrected chi connectivity index (χ4v) is 2.14. The van der Waals surface area contributed by atoms with Crippen molar-refractivity contribution in [2.24, 2.45) is 0 Å². The van der Waals surface area contributed by atoms with E-state index >= 15 is 0 Å². The molecule has 1 N–H and O–H groups in total. The number of hydrogen-bond donors (Lipinski definition) is 1. The lowest BCUT2D eigenvalue weighted by atomic mass is 9.98. The van der Waals surface area contributed by atoms with E-state index < -0.39 is 0 Å². The Morgan fingerprint density at radius 2 is 1.90 bits per heavy atom. The van der Waals surface area contributed by atoms with Crippen molar-refractivity contribution in [1.29, 1.82) is 0 Å². The predicted octanol–water partition coefficient (Wildman–Crippen LogP) is 3.76. The summed E-state index contributed by atoms with van der Waals surface area (Å²) in [5.74, 6) is -0.657. The molecule has 0 saturated heterocycles. The molecule has 2 rings (SSSR count). The van der Waals surface area contributed by atoms with Gasteiger partial charge in [-0.1, -0.05) is 13.0 Å². The highest BCUT2D eigenvalue weighted by molar-refractivity contribution is 5.34. The number of halogens is 2. The molecule has 0 bridgehead atoms. The number of hydrogen-bond acceptors (Lipinski definition) is 2. The van der Waals surface area contributed by atoms with Crippen molar-refractivity contribution in [2.75, 3.05) is 6.54 Å². The van der Waals surface area contributed by atoms with Crippen LogP contribution in [0.5, 0.6) is 0 Å². The minimum atomic E-state index is -0.376. The number of pyridine rings is 1. The van der Waals surface area contributed by atoms with Crippen molar-refractivity contribution in [3.63, 3.8) is 0 Å². The first-order valence-electron chi connectivity index (χ1n) is 6.72. The van der Waals surface area contributed by atoms with Crippen molar-refractivity contribution >= 4 is 0 Å². The van der Waals surface area contributed by atoms with Gasteiger partial charge in [0, 0.05) is 0 Å². The lowest BCUT2D eigenvalue weighted by Crippen LogP contribution is -2.25. The van der Waals surface area contributed by atoms with Crippen molar-refractivity contribution < 1.29 is 8.78 Å². The van der Waals surface area contributed by atoms with Gasteiger partial charge in [0.2, 0.25) is 0 Å². The maximum atomic E-state index is 13.5. The Hall–Kier alpha value is -1.81. The Bertz CT molecular complexity index is 567. The van der Waals surface area contributed by atoms with Gasteiger partial charge in [-0.05, 0) is 55.3 Å². The van der Waals surface area contributed by atoms with E-state index in [1.54, 1.807) is 12.1 Å². The van der Waals surface area contributed by atoms with Gasteiger partial charge in [-0.25, -0.2) is 8.78 Å². The van der Waals surface area contributed by atoms with Crippen LogP contribution < -0.4 is 5.32 Å². The monoisotopic (exact) mass is 276 g/mol. The molecule has 0 amide bonds. The summed E-state index contributed by atoms with van der Waals surface area (Å²) in [7, 11) is 0. The molecule has 2 nitrogen and oxygen atoms in total. The number of nitrogens with one attached hydrogen (secondary N) is 1. The fraction of sp³-hybridized carbons (Fsp3) is 0.312. The van der Waals surface area contributed by atoms with E-state index in [0.29, 0.717) is 5.69 Å². The summed E-state index contributed by atoms with van der Waals surface area (Å²) in [5.41, 5.74) is 2.50. The van der Waals surface area contributed by atoms with Crippen LogP contribution in [0.2, 0.25) is 0 Å². The number of aryl methyl sites for hydroxylation is 1. The average molecular weight is 276 g/mol. The molecular weight excluding hydrogens is 258 g/mol. The van der Waals surface area contributed by atoms with Crippen LogP contribution in [-0.4, -0.2) is 11.5 Å². The van der Waals surface area contributed by atoms with Gasteiger partial charge in [-0.15, -0.1) is 0 Å². The number of benzene rings is 1. The lowest BCUT2D eigenvalue weighted by Gasteiger charge is -2.20. The molecule has 0 saturated carbocycles. The van der Waals surface area contributed by atoms with E-state index in [1.807, 2.05) is 6.92 Å². The average Bonchev–Trinajstić information content (AvgIpc) is 2.44. The van der Waals surface area contributed by atoms with Crippen LogP contribution in [0.15, 0.2) is 36.5 Å². The van der Waals surface area contributed by atoms with Crippen LogP contribution >= 0.6 is 0 Å². The number of rotatable bonds is 5. The van der Waals surface area contributed by atoms with E-state index in [9.17, 15) is 8.78 Å². The van der Waals surface area contributed by atoms with Gasteiger partial charge in [0.1, 0.15) is 11.6 Å². The zero-order valence-corrected chi connectivity index (χ0v) is 11.7. The van der Waals surface area contributed by atoms with Crippen LogP contribution in [0.25, 0.3) is 0 Å². The summed E-state index contributed by atoms with van der Waals surface area (Å²) >= 11 is 0. The molecule has 1 heterocycles. The van der Waals surface area contributed by atoms with Gasteiger partial charge >= 0.3 is 0 Å². The third-order valence-corrected chi connectivity index (χ3v) is 3.20. The maximum absolute atomic E-state index is 13.5. The fourth-order valence-electron chi connectivity index (χ4n) is 2.14. The maximum Gasteiger partial charge on any atom is 0.141 e. The minimum absolute atomic E-state index is 0.230. The quantitative estimate of drug-likeness (QED) is 0.899. The Kier molecular flexibility index (Phi) is 4.79. The molecule has 4 heteroatoms. The zero-order valence-electron chi connectivity index (χ0n) is 11.7. The zero-order chi connectivity index (χ0) is 14.5. The van der Waals surface area contributed by atoms with Crippen molar-refractivity contribution in [1.82, 2.24) is 10.3 Å². The van der Waals surface area contributed by atoms with Gasteiger partial charge in [0.05, 0.1) is 17.9 Å². The first-order valence-corrected chi connectivity index (χ1v) is 6.72. The normalized spacial score (nSPS) is 12.4. The smallest absolute Gasteiger partial charge is 0.141 e. The third kappa shape index (κ3) is 3.39. The van der Waals surface area contributed by atoms with Gasteiger partial charge < -0.3 is 5.32 Å². The van der Waals surface area contributed by atoms with Gasteiger partial charge in [0.25, 0.3) is 0 Å². The second-order valence-electron chi connectivity index (χ2n) is 4.79. The molecule has 0 aliphatic rings. The minimum Gasteiger partial charge on any atom is -0.305 e. The first kappa shape index (κ1) is 14.6. The largest absolute Gasteiger partial charge is 0.305 e. The molecule has 106 valence electrons. The second-order valence-corrected chi connectivity index (χ2v) is 4.79. The van der Waals surface area contributed by atoms with E-state index in [-0.39, 0.29) is 17.7 Å². The van der Waals surface area contributed by atoms with Gasteiger partial charge in [0.15, 0.2) is 0 Å². The molecule has 1 atom stereocenters. The lowest BCUT2D eigenvalue weighted by molar-refractivity contribution is 0.566. The molecular formula is C16H18F2N2. The molecule has 0 fully saturated rings. The van der Waals surface area contributed by atoms with Crippen LogP contribution in [0, 0.1) is 18.6 Å². The van der Waals surface area contributed by atoms with Crippen molar-refractivity contribution in [2.45, 2.75) is 26.3 Å². The first-order chi connectivity index (χ1) is 9.61. The van der Waals surface area contributed by atoms with Gasteiger partial charge in [-0.3, -0.25) is 4.98 Å². The highest BCUT2D eigenvalue weighted by Gasteiger charge is 2.17. The number of nitrogens with zero attached hydrogens (tertiary/aromatic N) is 1. The van der Waals surface area contributed by atoms with Gasteiger partial charge in [-0.2, -0.15) is 0 Å². The highest BCUT2D eigenvalue weighted by atomic mass is 19.1. The molecule has 0 aliphatic heterocycles. The molecule has 1 unspecified atom stereocenters. The van der Waals surface area contributed by atoms with Crippen molar-refractivity contribution in [3.8, 4) is 0 Å². The van der Waals surface area contributed by atoms with Crippen LogP contribution in [-0.2, 0) is 0 Å². The Labute approximate surface area is 117 Å². The molecule has 1 aromatic carbocycles. The molecule has 0 spiro atoms. The molecule has 0 radical (unpaired) electrons. The van der Waals surface area contributed by atoms with Crippen molar-refractivity contribution in [3.05, 3.63) is 65.0 Å². The molecule has 1 aromatic heterocycles. The summed E-state index contributed by atoms with van der Waals surface area (Å²) in [6, 6.07) is 7.47. The van der Waals surface area contributed by atoms with E-state index in [2.05, 4.69) is 17.2 Å². The summed E-state index contributed by atoms with van der Waals surface area (Å²) in [6.45, 7) is 4.76. The molecule has 2 aromatic rings. The Morgan fingerprint density at radius 3 is 2.55 bits per heavy atom.